The lowest BCUT2D eigenvalue weighted by Gasteiger charge is -2.00. The molecule has 0 N–H and O–H groups in total. The first kappa shape index (κ1) is 16.6. The number of carbonyl (C=O) groups is 1. The van der Waals surface area contributed by atoms with E-state index in [4.69, 9.17) is 11.6 Å². The second-order valence-electron chi connectivity index (χ2n) is 5.27. The Bertz CT molecular complexity index is 1010. The zero-order valence-electron chi connectivity index (χ0n) is 13.3. The lowest BCUT2D eigenvalue weighted by Crippen LogP contribution is -1.95. The fourth-order valence-electron chi connectivity index (χ4n) is 2.22. The van der Waals surface area contributed by atoms with Gasteiger partial charge in [0.25, 0.3) is 5.24 Å². The van der Waals surface area contributed by atoms with E-state index in [9.17, 15) is 4.79 Å². The molecular formula is C23H13ClO. The third kappa shape index (κ3) is 4.61. The highest BCUT2D eigenvalue weighted by Gasteiger charge is 2.07. The van der Waals surface area contributed by atoms with Crippen LogP contribution >= 0.6 is 11.6 Å². The van der Waals surface area contributed by atoms with Gasteiger partial charge in [-0.05, 0) is 54.1 Å². The third-order valence-electron chi connectivity index (χ3n) is 3.47. The first-order valence-electron chi connectivity index (χ1n) is 7.70. The van der Waals surface area contributed by atoms with Crippen LogP contribution in [0.5, 0.6) is 0 Å². The minimum absolute atomic E-state index is 0.385. The molecule has 3 rings (SSSR count). The minimum Gasteiger partial charge on any atom is -0.276 e. The number of carbonyl (C=O) groups excluding carboxylic acids is 1. The molecule has 3 aromatic carbocycles. The topological polar surface area (TPSA) is 17.1 Å². The highest BCUT2D eigenvalue weighted by Crippen LogP contribution is 2.14. The Hall–Kier alpha value is -3.26. The Kier molecular flexibility index (Phi) is 5.32. The summed E-state index contributed by atoms with van der Waals surface area (Å²) in [6, 6.07) is 24.5. The van der Waals surface area contributed by atoms with Crippen LogP contribution in [0, 0.1) is 23.7 Å². The van der Waals surface area contributed by atoms with E-state index in [2.05, 4.69) is 23.7 Å². The van der Waals surface area contributed by atoms with Gasteiger partial charge in [0.15, 0.2) is 0 Å². The summed E-state index contributed by atoms with van der Waals surface area (Å²) in [5.74, 6) is 12.3. The normalized spacial score (nSPS) is 9.32. The maximum absolute atomic E-state index is 11.6. The van der Waals surface area contributed by atoms with Gasteiger partial charge in [-0.3, -0.25) is 4.79 Å². The van der Waals surface area contributed by atoms with Crippen molar-refractivity contribution in [1.82, 2.24) is 0 Å². The predicted molar refractivity (Wildman–Crippen MR) is 101 cm³/mol. The van der Waals surface area contributed by atoms with Crippen LogP contribution in [0.15, 0.2) is 78.9 Å². The van der Waals surface area contributed by atoms with Crippen LogP contribution in [0.2, 0.25) is 0 Å². The molecule has 0 atom stereocenters. The van der Waals surface area contributed by atoms with E-state index in [-0.39, 0.29) is 0 Å². The van der Waals surface area contributed by atoms with E-state index in [1.165, 1.54) is 0 Å². The third-order valence-corrected chi connectivity index (χ3v) is 3.68. The van der Waals surface area contributed by atoms with Crippen molar-refractivity contribution in [1.29, 1.82) is 0 Å². The Morgan fingerprint density at radius 3 is 1.72 bits per heavy atom. The van der Waals surface area contributed by atoms with Gasteiger partial charge in [0.05, 0.1) is 0 Å². The molecule has 0 radical (unpaired) electrons. The van der Waals surface area contributed by atoms with Crippen molar-refractivity contribution in [3.63, 3.8) is 0 Å². The second-order valence-corrected chi connectivity index (χ2v) is 5.61. The fraction of sp³-hybridized carbons (Fsp3) is 0. The molecule has 118 valence electrons. The Labute approximate surface area is 152 Å². The molecule has 25 heavy (non-hydrogen) atoms. The summed E-state index contributed by atoms with van der Waals surface area (Å²) in [6.45, 7) is 0. The molecule has 0 heterocycles. The van der Waals surface area contributed by atoms with E-state index in [0.717, 1.165) is 16.7 Å². The zero-order chi connectivity index (χ0) is 17.5. The maximum atomic E-state index is 11.6. The lowest BCUT2D eigenvalue weighted by molar-refractivity contribution is 0.108. The van der Waals surface area contributed by atoms with E-state index >= 15 is 0 Å². The van der Waals surface area contributed by atoms with Gasteiger partial charge in [-0.2, -0.15) is 0 Å². The van der Waals surface area contributed by atoms with E-state index in [1.807, 2.05) is 60.7 Å². The standard InChI is InChI=1S/C23H13ClO/c24-23(25)22-16-14-20(12-11-18-7-3-1-4-8-18)17-21(22)15-13-19-9-5-2-6-10-19/h1-10,14,16-17H. The highest BCUT2D eigenvalue weighted by atomic mass is 35.5. The van der Waals surface area contributed by atoms with Crippen LogP contribution in [-0.4, -0.2) is 5.24 Å². The van der Waals surface area contributed by atoms with Gasteiger partial charge in [0.1, 0.15) is 0 Å². The minimum atomic E-state index is -0.528. The predicted octanol–water partition coefficient (Wildman–Crippen LogP) is 4.87. The van der Waals surface area contributed by atoms with E-state index in [1.54, 1.807) is 18.2 Å². The molecule has 1 nitrogen and oxygen atoms in total. The molecule has 0 aliphatic carbocycles. The molecule has 0 bridgehead atoms. The summed E-state index contributed by atoms with van der Waals surface area (Å²) < 4.78 is 0. The Morgan fingerprint density at radius 1 is 0.640 bits per heavy atom. The molecule has 0 aliphatic rings. The van der Waals surface area contributed by atoms with Gasteiger partial charge < -0.3 is 0 Å². The van der Waals surface area contributed by atoms with Crippen molar-refractivity contribution in [2.75, 3.05) is 0 Å². The summed E-state index contributed by atoms with van der Waals surface area (Å²) in [6.07, 6.45) is 0. The van der Waals surface area contributed by atoms with Crippen LogP contribution in [0.25, 0.3) is 0 Å². The van der Waals surface area contributed by atoms with Gasteiger partial charge in [0, 0.05) is 27.8 Å². The van der Waals surface area contributed by atoms with Gasteiger partial charge in [-0.15, -0.1) is 0 Å². The van der Waals surface area contributed by atoms with Gasteiger partial charge in [0.2, 0.25) is 0 Å². The van der Waals surface area contributed by atoms with Crippen LogP contribution < -0.4 is 0 Å². The van der Waals surface area contributed by atoms with Crippen molar-refractivity contribution in [2.24, 2.45) is 0 Å². The molecule has 0 aromatic heterocycles. The molecular weight excluding hydrogens is 328 g/mol. The molecule has 0 unspecified atom stereocenters. The summed E-state index contributed by atoms with van der Waals surface area (Å²) >= 11 is 5.67. The van der Waals surface area contributed by atoms with E-state index < -0.39 is 5.24 Å². The average molecular weight is 341 g/mol. The van der Waals surface area contributed by atoms with Crippen LogP contribution in [0.3, 0.4) is 0 Å². The molecule has 3 aromatic rings. The van der Waals surface area contributed by atoms with Gasteiger partial charge in [-0.25, -0.2) is 0 Å². The van der Waals surface area contributed by atoms with Gasteiger partial charge >= 0.3 is 0 Å². The smallest absolute Gasteiger partial charge is 0.253 e. The molecule has 2 heteroatoms. The molecule has 0 saturated heterocycles. The van der Waals surface area contributed by atoms with Crippen molar-refractivity contribution >= 4 is 16.8 Å². The fourth-order valence-corrected chi connectivity index (χ4v) is 2.39. The van der Waals surface area contributed by atoms with Crippen LogP contribution in [0.1, 0.15) is 32.6 Å². The molecule has 0 saturated carbocycles. The number of benzene rings is 3. The summed E-state index contributed by atoms with van der Waals surface area (Å²) in [5, 5.41) is -0.528. The number of halogens is 1. The lowest BCUT2D eigenvalue weighted by atomic mass is 10.0. The van der Waals surface area contributed by atoms with Crippen LogP contribution in [0.4, 0.5) is 0 Å². The monoisotopic (exact) mass is 340 g/mol. The number of hydrogen-bond acceptors (Lipinski definition) is 1. The first-order chi connectivity index (χ1) is 12.2. The van der Waals surface area contributed by atoms with Gasteiger partial charge in [-0.1, -0.05) is 60.1 Å². The number of hydrogen-bond donors (Lipinski definition) is 0. The Balaban J connectivity index is 1.97. The summed E-state index contributed by atoms with van der Waals surface area (Å²) in [7, 11) is 0. The number of rotatable bonds is 1. The molecule has 0 aliphatic heterocycles. The maximum Gasteiger partial charge on any atom is 0.253 e. The second kappa shape index (κ2) is 8.02. The van der Waals surface area contributed by atoms with E-state index in [0.29, 0.717) is 11.1 Å². The molecule has 0 amide bonds. The molecule has 0 spiro atoms. The van der Waals surface area contributed by atoms with Crippen molar-refractivity contribution in [3.8, 4) is 23.7 Å². The van der Waals surface area contributed by atoms with Crippen LogP contribution in [-0.2, 0) is 0 Å². The summed E-state index contributed by atoms with van der Waals surface area (Å²) in [4.78, 5) is 11.6. The Morgan fingerprint density at radius 2 is 1.16 bits per heavy atom. The largest absolute Gasteiger partial charge is 0.276 e. The summed E-state index contributed by atoms with van der Waals surface area (Å²) in [5.41, 5.74) is 3.54. The average Bonchev–Trinajstić information content (AvgIpc) is 2.66. The SMILES string of the molecule is O=C(Cl)c1ccc(C#Cc2ccccc2)cc1C#Cc1ccccc1. The zero-order valence-corrected chi connectivity index (χ0v) is 14.0. The quantitative estimate of drug-likeness (QED) is 0.456. The van der Waals surface area contributed by atoms with Crippen molar-refractivity contribution in [2.45, 2.75) is 0 Å². The first-order valence-corrected chi connectivity index (χ1v) is 8.08. The molecule has 0 fully saturated rings. The van der Waals surface area contributed by atoms with Crippen molar-refractivity contribution in [3.05, 3.63) is 107 Å². The van der Waals surface area contributed by atoms with Crippen molar-refractivity contribution < 1.29 is 4.79 Å². The highest BCUT2D eigenvalue weighted by molar-refractivity contribution is 6.68.